The lowest BCUT2D eigenvalue weighted by atomic mass is 9.97. The molecule has 7 heteroatoms. The highest BCUT2D eigenvalue weighted by molar-refractivity contribution is 7.80. The average molecular weight is 345 g/mol. The van der Waals surface area contributed by atoms with Gasteiger partial charge < -0.3 is 10.2 Å². The number of halogens is 1. The number of aryl methyl sites for hydroxylation is 1. The highest BCUT2D eigenvalue weighted by Gasteiger charge is 2.26. The molecule has 0 fully saturated rings. The molecule has 1 heterocycles. The number of thiocarbonyl (C=S) groups is 1. The zero-order valence-corrected chi connectivity index (χ0v) is 13.8. The normalized spacial score (nSPS) is 16.4. The second-order valence-corrected chi connectivity index (χ2v) is 6.15. The van der Waals surface area contributed by atoms with Crippen LogP contribution in [0.5, 0.6) is 0 Å². The van der Waals surface area contributed by atoms with Crippen molar-refractivity contribution in [3.8, 4) is 0 Å². The van der Waals surface area contributed by atoms with E-state index in [1.54, 1.807) is 24.3 Å². The maximum Gasteiger partial charge on any atom is 0.269 e. The Labute approximate surface area is 144 Å². The van der Waals surface area contributed by atoms with Crippen LogP contribution in [0.4, 0.5) is 21.5 Å². The Bertz CT molecular complexity index is 795. The predicted octanol–water partition coefficient (Wildman–Crippen LogP) is 4.27. The van der Waals surface area contributed by atoms with Gasteiger partial charge in [-0.3, -0.25) is 10.1 Å². The fourth-order valence-corrected chi connectivity index (χ4v) is 3.28. The van der Waals surface area contributed by atoms with Gasteiger partial charge in [0, 0.05) is 29.5 Å². The van der Waals surface area contributed by atoms with Crippen LogP contribution >= 0.6 is 12.2 Å². The molecule has 124 valence electrons. The van der Waals surface area contributed by atoms with Crippen molar-refractivity contribution >= 4 is 34.4 Å². The molecule has 2 aromatic rings. The molecule has 1 aliphatic rings. The van der Waals surface area contributed by atoms with E-state index in [4.69, 9.17) is 12.2 Å². The first-order valence-electron chi connectivity index (χ1n) is 7.59. The van der Waals surface area contributed by atoms with Crippen LogP contribution in [0.2, 0.25) is 0 Å². The number of hydrogen-bond acceptors (Lipinski definition) is 3. The van der Waals surface area contributed by atoms with E-state index in [0.29, 0.717) is 10.8 Å². The lowest BCUT2D eigenvalue weighted by Gasteiger charge is -2.37. The molecule has 0 amide bonds. The first-order valence-corrected chi connectivity index (χ1v) is 7.99. The Kier molecular flexibility index (Phi) is 4.44. The Morgan fingerprint density at radius 2 is 2.04 bits per heavy atom. The molecule has 1 N–H and O–H groups in total. The number of nitrogens with zero attached hydrogens (tertiary/aromatic N) is 2. The second-order valence-electron chi connectivity index (χ2n) is 5.76. The Morgan fingerprint density at radius 3 is 2.71 bits per heavy atom. The molecule has 0 aliphatic carbocycles. The number of rotatable bonds is 2. The van der Waals surface area contributed by atoms with Crippen molar-refractivity contribution in [2.24, 2.45) is 0 Å². The molecular weight excluding hydrogens is 329 g/mol. The Hall–Kier alpha value is -2.54. The van der Waals surface area contributed by atoms with Crippen molar-refractivity contribution < 1.29 is 9.31 Å². The molecule has 24 heavy (non-hydrogen) atoms. The fraction of sp³-hybridized carbons (Fsp3) is 0.235. The van der Waals surface area contributed by atoms with Crippen molar-refractivity contribution in [2.45, 2.75) is 25.8 Å². The number of nitro benzene ring substituents is 1. The van der Waals surface area contributed by atoms with Crippen LogP contribution < -0.4 is 10.2 Å². The van der Waals surface area contributed by atoms with Crippen LogP contribution in [0.3, 0.4) is 0 Å². The molecular formula is C17H16FN3O2S. The molecule has 1 atom stereocenters. The molecule has 0 spiro atoms. The van der Waals surface area contributed by atoms with Crippen molar-refractivity contribution in [2.75, 3.05) is 10.2 Å². The molecule has 0 aromatic heterocycles. The molecule has 3 rings (SSSR count). The summed E-state index contributed by atoms with van der Waals surface area (Å²) in [4.78, 5) is 12.2. The van der Waals surface area contributed by atoms with Crippen LogP contribution in [0.15, 0.2) is 42.5 Å². The summed E-state index contributed by atoms with van der Waals surface area (Å²) in [6.07, 6.45) is 1.68. The summed E-state index contributed by atoms with van der Waals surface area (Å²) in [5, 5.41) is 14.3. The SMILES string of the molecule is CC1CCc2cc(F)ccc2N1C(=S)Nc1ccc([N+](=O)[O-])cc1. The van der Waals surface area contributed by atoms with Gasteiger partial charge >= 0.3 is 0 Å². The summed E-state index contributed by atoms with van der Waals surface area (Å²) in [7, 11) is 0. The summed E-state index contributed by atoms with van der Waals surface area (Å²) < 4.78 is 13.4. The van der Waals surface area contributed by atoms with Crippen LogP contribution in [-0.4, -0.2) is 16.1 Å². The minimum atomic E-state index is -0.445. The topological polar surface area (TPSA) is 58.4 Å². The van der Waals surface area contributed by atoms with E-state index >= 15 is 0 Å². The highest BCUT2D eigenvalue weighted by atomic mass is 32.1. The van der Waals surface area contributed by atoms with E-state index in [1.165, 1.54) is 18.2 Å². The van der Waals surface area contributed by atoms with E-state index in [9.17, 15) is 14.5 Å². The van der Waals surface area contributed by atoms with Crippen LogP contribution in [-0.2, 0) is 6.42 Å². The highest BCUT2D eigenvalue weighted by Crippen LogP contribution is 2.32. The van der Waals surface area contributed by atoms with Crippen molar-refractivity contribution in [1.82, 2.24) is 0 Å². The Balaban J connectivity index is 1.83. The van der Waals surface area contributed by atoms with Gasteiger partial charge in [-0.2, -0.15) is 0 Å². The molecule has 0 radical (unpaired) electrons. The summed E-state index contributed by atoms with van der Waals surface area (Å²) in [5.41, 5.74) is 2.53. The number of hydrogen-bond donors (Lipinski definition) is 1. The predicted molar refractivity (Wildman–Crippen MR) is 96.0 cm³/mol. The number of nitrogens with one attached hydrogen (secondary N) is 1. The largest absolute Gasteiger partial charge is 0.332 e. The van der Waals surface area contributed by atoms with Gasteiger partial charge in [0.15, 0.2) is 5.11 Å². The minimum Gasteiger partial charge on any atom is -0.332 e. The lowest BCUT2D eigenvalue weighted by molar-refractivity contribution is -0.384. The lowest BCUT2D eigenvalue weighted by Crippen LogP contribution is -2.44. The molecule has 2 aromatic carbocycles. The van der Waals surface area contributed by atoms with Crippen LogP contribution in [0.25, 0.3) is 0 Å². The molecule has 0 saturated carbocycles. The van der Waals surface area contributed by atoms with Gasteiger partial charge in [-0.25, -0.2) is 4.39 Å². The summed E-state index contributed by atoms with van der Waals surface area (Å²) in [6.45, 7) is 2.07. The molecule has 0 saturated heterocycles. The van der Waals surface area contributed by atoms with E-state index in [2.05, 4.69) is 12.2 Å². The monoisotopic (exact) mass is 345 g/mol. The van der Waals surface area contributed by atoms with Gasteiger partial charge in [-0.05, 0) is 67.9 Å². The quantitative estimate of drug-likeness (QED) is 0.500. The third-order valence-electron chi connectivity index (χ3n) is 4.12. The summed E-state index contributed by atoms with van der Waals surface area (Å²) in [6, 6.07) is 11.0. The zero-order valence-electron chi connectivity index (χ0n) is 13.0. The smallest absolute Gasteiger partial charge is 0.269 e. The molecule has 1 unspecified atom stereocenters. The number of non-ortho nitro benzene ring substituents is 1. The number of fused-ring (bicyclic) bond motifs is 1. The third-order valence-corrected chi connectivity index (χ3v) is 4.42. The maximum atomic E-state index is 13.4. The minimum absolute atomic E-state index is 0.0265. The third kappa shape index (κ3) is 3.21. The van der Waals surface area contributed by atoms with Crippen molar-refractivity contribution in [3.63, 3.8) is 0 Å². The van der Waals surface area contributed by atoms with E-state index in [1.807, 2.05) is 4.90 Å². The first kappa shape index (κ1) is 16.3. The van der Waals surface area contributed by atoms with Gasteiger partial charge in [-0.15, -0.1) is 0 Å². The van der Waals surface area contributed by atoms with Crippen molar-refractivity contribution in [1.29, 1.82) is 0 Å². The fourth-order valence-electron chi connectivity index (χ4n) is 2.88. The van der Waals surface area contributed by atoms with Gasteiger partial charge in [0.2, 0.25) is 0 Å². The zero-order chi connectivity index (χ0) is 17.3. The second kappa shape index (κ2) is 6.52. The van der Waals surface area contributed by atoms with E-state index < -0.39 is 4.92 Å². The molecule has 5 nitrogen and oxygen atoms in total. The number of benzene rings is 2. The van der Waals surface area contributed by atoms with Crippen LogP contribution in [0.1, 0.15) is 18.9 Å². The Morgan fingerprint density at radius 1 is 1.33 bits per heavy atom. The molecule has 0 bridgehead atoms. The summed E-state index contributed by atoms with van der Waals surface area (Å²) >= 11 is 5.51. The standard InChI is InChI=1S/C17H16FN3O2S/c1-11-2-3-12-10-13(18)4-9-16(12)20(11)17(24)19-14-5-7-15(8-6-14)21(22)23/h4-11H,2-3H2,1H3,(H,19,24). The molecule has 1 aliphatic heterocycles. The van der Waals surface area contributed by atoms with Gasteiger partial charge in [-0.1, -0.05) is 0 Å². The number of nitro groups is 1. The van der Waals surface area contributed by atoms with Crippen molar-refractivity contribution in [3.05, 3.63) is 64.0 Å². The van der Waals surface area contributed by atoms with E-state index in [-0.39, 0.29) is 17.5 Å². The first-order chi connectivity index (χ1) is 11.5. The van der Waals surface area contributed by atoms with Gasteiger partial charge in [0.1, 0.15) is 5.82 Å². The van der Waals surface area contributed by atoms with E-state index in [0.717, 1.165) is 24.1 Å². The number of anilines is 2. The van der Waals surface area contributed by atoms with Crippen LogP contribution in [0, 0.1) is 15.9 Å². The van der Waals surface area contributed by atoms with Gasteiger partial charge in [0.25, 0.3) is 5.69 Å². The maximum absolute atomic E-state index is 13.4. The van der Waals surface area contributed by atoms with Gasteiger partial charge in [0.05, 0.1) is 4.92 Å². The average Bonchev–Trinajstić information content (AvgIpc) is 2.55. The summed E-state index contributed by atoms with van der Waals surface area (Å²) in [5.74, 6) is -0.252.